The Morgan fingerprint density at radius 1 is 1.20 bits per heavy atom. The normalized spacial score (nSPS) is 17.7. The highest BCUT2D eigenvalue weighted by Crippen LogP contribution is 2.36. The summed E-state index contributed by atoms with van der Waals surface area (Å²) in [7, 11) is 0. The molecule has 3 N–H and O–H groups in total. The maximum Gasteiger partial charge on any atom is 0.264 e. The number of carbonyl (C=O) groups excluding carboxylic acids is 1. The number of para-hydroxylation sites is 1. The fourth-order valence-electron chi connectivity index (χ4n) is 5.71. The quantitative estimate of drug-likeness (QED) is 0.224. The highest BCUT2D eigenvalue weighted by molar-refractivity contribution is 5.99. The fourth-order valence-corrected chi connectivity index (χ4v) is 5.71. The summed E-state index contributed by atoms with van der Waals surface area (Å²) >= 11 is 0. The number of halogens is 1. The molecule has 4 heterocycles. The van der Waals surface area contributed by atoms with E-state index in [-0.39, 0.29) is 34.9 Å². The van der Waals surface area contributed by atoms with Crippen molar-refractivity contribution in [2.75, 3.05) is 32.0 Å². The molecule has 2 aliphatic heterocycles. The summed E-state index contributed by atoms with van der Waals surface area (Å²) in [5.74, 6) is 0.216. The van der Waals surface area contributed by atoms with Gasteiger partial charge in [0, 0.05) is 30.3 Å². The summed E-state index contributed by atoms with van der Waals surface area (Å²) in [5, 5.41) is 18.5. The lowest BCUT2D eigenvalue weighted by Crippen LogP contribution is -2.54. The molecule has 1 atom stereocenters. The van der Waals surface area contributed by atoms with Gasteiger partial charge in [-0.2, -0.15) is 10.4 Å². The van der Waals surface area contributed by atoms with Crippen molar-refractivity contribution in [2.45, 2.75) is 44.3 Å². The van der Waals surface area contributed by atoms with E-state index < -0.39 is 11.4 Å². The number of hydrogen-bond acceptors (Lipinski definition) is 9. The number of fused-ring (bicyclic) bond motifs is 1. The van der Waals surface area contributed by atoms with Crippen LogP contribution in [0.15, 0.2) is 66.5 Å². The lowest BCUT2D eigenvalue weighted by atomic mass is 9.98. The number of rotatable bonds is 8. The molecule has 2 saturated heterocycles. The zero-order chi connectivity index (χ0) is 30.8. The van der Waals surface area contributed by atoms with Gasteiger partial charge in [0.2, 0.25) is 0 Å². The van der Waals surface area contributed by atoms with Crippen LogP contribution in [0.25, 0.3) is 22.3 Å². The minimum atomic E-state index is -0.572. The second-order valence-corrected chi connectivity index (χ2v) is 11.6. The van der Waals surface area contributed by atoms with Crippen LogP contribution in [0.4, 0.5) is 10.2 Å². The summed E-state index contributed by atoms with van der Waals surface area (Å²) in [4.78, 5) is 23.8. The Morgan fingerprint density at radius 3 is 2.70 bits per heavy atom. The van der Waals surface area contributed by atoms with Crippen molar-refractivity contribution in [3.63, 3.8) is 0 Å². The van der Waals surface area contributed by atoms with Crippen molar-refractivity contribution >= 4 is 22.8 Å². The fraction of sp³-hybridized carbons (Fsp3) is 0.344. The van der Waals surface area contributed by atoms with E-state index in [1.165, 1.54) is 12.4 Å². The minimum absolute atomic E-state index is 0.0702. The lowest BCUT2D eigenvalue weighted by molar-refractivity contribution is -0.128. The SMILES string of the molecule is CC(C)(/C=C(\C#N)C(=O)N1CCC[C@H](n2nc(-c3ccc(Oc4ccccc4)cc3F)c3c(N)ncnc32)C1)NC1COC1. The van der Waals surface area contributed by atoms with Gasteiger partial charge in [0.25, 0.3) is 5.91 Å². The largest absolute Gasteiger partial charge is 0.457 e. The number of amides is 1. The number of benzene rings is 2. The Labute approximate surface area is 254 Å². The van der Waals surface area contributed by atoms with Crippen LogP contribution >= 0.6 is 0 Å². The Kier molecular flexibility index (Phi) is 7.99. The molecule has 1 amide bonds. The van der Waals surface area contributed by atoms with Crippen LogP contribution in [0.3, 0.4) is 0 Å². The smallest absolute Gasteiger partial charge is 0.264 e. The van der Waals surface area contributed by atoms with Gasteiger partial charge in [-0.1, -0.05) is 18.2 Å². The average Bonchev–Trinajstić information content (AvgIpc) is 3.39. The number of nitrogens with zero attached hydrogens (tertiary/aromatic N) is 6. The first-order valence-electron chi connectivity index (χ1n) is 14.5. The molecule has 4 aromatic rings. The second kappa shape index (κ2) is 12.0. The second-order valence-electron chi connectivity index (χ2n) is 11.6. The predicted molar refractivity (Wildman–Crippen MR) is 162 cm³/mol. The summed E-state index contributed by atoms with van der Waals surface area (Å²) < 4.78 is 28.3. The van der Waals surface area contributed by atoms with Crippen LogP contribution in [0.1, 0.15) is 32.7 Å². The molecule has 0 spiro atoms. The van der Waals surface area contributed by atoms with E-state index in [1.807, 2.05) is 32.0 Å². The van der Waals surface area contributed by atoms with Crippen molar-refractivity contribution in [1.82, 2.24) is 30.0 Å². The maximum absolute atomic E-state index is 15.6. The van der Waals surface area contributed by atoms with Crippen LogP contribution in [-0.4, -0.2) is 68.4 Å². The lowest BCUT2D eigenvalue weighted by Gasteiger charge is -2.35. The third-order valence-corrected chi connectivity index (χ3v) is 7.79. The van der Waals surface area contributed by atoms with Gasteiger partial charge in [-0.15, -0.1) is 0 Å². The van der Waals surface area contributed by atoms with Crippen LogP contribution in [0.5, 0.6) is 11.5 Å². The van der Waals surface area contributed by atoms with Crippen molar-refractivity contribution in [3.05, 3.63) is 72.3 Å². The average molecular weight is 597 g/mol. The molecule has 0 aliphatic carbocycles. The molecule has 44 heavy (non-hydrogen) atoms. The van der Waals surface area contributed by atoms with Gasteiger partial charge in [-0.25, -0.2) is 19.0 Å². The third-order valence-electron chi connectivity index (χ3n) is 7.79. The molecule has 2 aliphatic rings. The van der Waals surface area contributed by atoms with E-state index in [0.29, 0.717) is 67.4 Å². The van der Waals surface area contributed by atoms with Crippen molar-refractivity contribution in [1.29, 1.82) is 5.26 Å². The highest BCUT2D eigenvalue weighted by Gasteiger charge is 2.32. The molecule has 12 heteroatoms. The maximum atomic E-state index is 15.6. The van der Waals surface area contributed by atoms with E-state index in [1.54, 1.807) is 39.9 Å². The molecular weight excluding hydrogens is 563 g/mol. The Morgan fingerprint density at radius 2 is 2.00 bits per heavy atom. The summed E-state index contributed by atoms with van der Waals surface area (Å²) in [5.41, 5.74) is 6.75. The van der Waals surface area contributed by atoms with Gasteiger partial charge in [-0.3, -0.25) is 4.79 Å². The molecule has 2 aromatic heterocycles. The first-order valence-corrected chi connectivity index (χ1v) is 14.5. The van der Waals surface area contributed by atoms with Crippen LogP contribution in [-0.2, 0) is 9.53 Å². The number of likely N-dealkylation sites (tertiary alicyclic amines) is 1. The van der Waals surface area contributed by atoms with E-state index in [2.05, 4.69) is 21.4 Å². The van der Waals surface area contributed by atoms with Crippen molar-refractivity contribution < 1.29 is 18.7 Å². The Bertz CT molecular complexity index is 1760. The van der Waals surface area contributed by atoms with Gasteiger partial charge in [0.05, 0.1) is 30.7 Å². The molecule has 0 bridgehead atoms. The number of nitrogens with two attached hydrogens (primary N) is 1. The Hall–Kier alpha value is -4.86. The number of anilines is 1. The number of piperidine rings is 1. The zero-order valence-corrected chi connectivity index (χ0v) is 24.5. The zero-order valence-electron chi connectivity index (χ0n) is 24.5. The first kappa shape index (κ1) is 29.2. The van der Waals surface area contributed by atoms with E-state index in [0.717, 1.165) is 0 Å². The van der Waals surface area contributed by atoms with Crippen molar-refractivity contribution in [2.24, 2.45) is 0 Å². The molecular formula is C32H33FN8O3. The predicted octanol–water partition coefficient (Wildman–Crippen LogP) is 4.39. The molecule has 0 unspecified atom stereocenters. The highest BCUT2D eigenvalue weighted by atomic mass is 19.1. The van der Waals surface area contributed by atoms with Gasteiger partial charge in [0.15, 0.2) is 5.65 Å². The number of hydrogen-bond donors (Lipinski definition) is 2. The third kappa shape index (κ3) is 5.97. The van der Waals surface area contributed by atoms with E-state index >= 15 is 4.39 Å². The minimum Gasteiger partial charge on any atom is -0.457 e. The van der Waals surface area contributed by atoms with Gasteiger partial charge >= 0.3 is 0 Å². The van der Waals surface area contributed by atoms with Crippen LogP contribution in [0.2, 0.25) is 0 Å². The van der Waals surface area contributed by atoms with E-state index in [9.17, 15) is 10.1 Å². The number of nitriles is 1. The number of ether oxygens (including phenoxy) is 2. The molecule has 11 nitrogen and oxygen atoms in total. The summed E-state index contributed by atoms with van der Waals surface area (Å²) in [6.07, 6.45) is 4.42. The summed E-state index contributed by atoms with van der Waals surface area (Å²) in [6.45, 7) is 5.86. The van der Waals surface area contributed by atoms with Gasteiger partial charge in [-0.05, 0) is 57.0 Å². The van der Waals surface area contributed by atoms with Crippen molar-refractivity contribution in [3.8, 4) is 28.8 Å². The van der Waals surface area contributed by atoms with Crippen LogP contribution in [0, 0.1) is 17.1 Å². The standard InChI is InChI=1S/C32H33FN8O3/c1-32(2,38-21-17-43-18-21)14-20(15-34)31(42)40-12-6-7-22(16-40)41-30-27(29(35)36-19-37-30)28(39-41)25-11-10-24(13-26(25)33)44-23-8-4-3-5-9-23/h3-5,8-11,13-14,19,21-22,38H,6-7,12,16-18H2,1-2H3,(H2,35,36,37)/b20-14+/t22-/m0/s1. The number of nitrogen functional groups attached to an aromatic ring is 1. The summed E-state index contributed by atoms with van der Waals surface area (Å²) in [6, 6.07) is 15.7. The molecule has 2 aromatic carbocycles. The first-order chi connectivity index (χ1) is 21.2. The molecule has 0 radical (unpaired) electrons. The Balaban J connectivity index is 1.28. The van der Waals surface area contributed by atoms with Gasteiger partial charge in [0.1, 0.15) is 46.8 Å². The topological polar surface area (TPSA) is 144 Å². The molecule has 226 valence electrons. The van der Waals surface area contributed by atoms with E-state index in [4.69, 9.17) is 20.3 Å². The molecule has 0 saturated carbocycles. The number of carbonyl (C=O) groups is 1. The van der Waals surface area contributed by atoms with Gasteiger partial charge < -0.3 is 25.4 Å². The number of nitrogens with one attached hydrogen (secondary N) is 1. The van der Waals surface area contributed by atoms with Crippen LogP contribution < -0.4 is 15.8 Å². The molecule has 6 rings (SSSR count). The number of aromatic nitrogens is 4. The monoisotopic (exact) mass is 596 g/mol. The molecule has 2 fully saturated rings.